The molecule has 0 spiro atoms. The fourth-order valence-corrected chi connectivity index (χ4v) is 3.66. The Balaban J connectivity index is 1.92. The van der Waals surface area contributed by atoms with Gasteiger partial charge in [-0.1, -0.05) is 39.3 Å². The summed E-state index contributed by atoms with van der Waals surface area (Å²) in [6.07, 6.45) is 4.23. The van der Waals surface area contributed by atoms with E-state index >= 15 is 0 Å². The Morgan fingerprint density at radius 2 is 1.93 bits per heavy atom. The lowest BCUT2D eigenvalue weighted by Crippen LogP contribution is -2.36. The van der Waals surface area contributed by atoms with E-state index in [-0.39, 0.29) is 11.7 Å². The van der Waals surface area contributed by atoms with E-state index in [1.54, 1.807) is 31.4 Å². The van der Waals surface area contributed by atoms with Crippen molar-refractivity contribution in [2.24, 2.45) is 17.8 Å². The second kappa shape index (κ2) is 10.7. The second-order valence-electron chi connectivity index (χ2n) is 7.87. The zero-order valence-corrected chi connectivity index (χ0v) is 17.5. The van der Waals surface area contributed by atoms with Crippen molar-refractivity contribution >= 4 is 18.0 Å². The molecule has 6 nitrogen and oxygen atoms in total. The standard InChI is InChI=1S/C23H29NO5/c1-15(2)20-10-5-16(3)11-21(20)29-22(25)14-28-23(26)18(13-24)12-17-6-8-19(27-4)9-7-17/h6-9,12,15-16,20-21H,5,10-11,14H2,1-4H3/b18-12+/t16-,20-,21+/m0/s1. The Bertz CT molecular complexity index is 775. The summed E-state index contributed by atoms with van der Waals surface area (Å²) in [6.45, 7) is 5.91. The summed E-state index contributed by atoms with van der Waals surface area (Å²) in [5, 5.41) is 9.25. The summed E-state index contributed by atoms with van der Waals surface area (Å²) in [6, 6.07) is 8.69. The molecule has 2 rings (SSSR count). The maximum atomic E-state index is 12.2. The number of nitrogens with zero attached hydrogens (tertiary/aromatic N) is 1. The third kappa shape index (κ3) is 6.63. The molecular weight excluding hydrogens is 370 g/mol. The smallest absolute Gasteiger partial charge is 0.349 e. The largest absolute Gasteiger partial charge is 0.497 e. The highest BCUT2D eigenvalue weighted by Crippen LogP contribution is 2.35. The van der Waals surface area contributed by atoms with E-state index in [0.717, 1.165) is 19.3 Å². The topological polar surface area (TPSA) is 85.6 Å². The molecule has 0 N–H and O–H groups in total. The molecule has 0 aromatic heterocycles. The van der Waals surface area contributed by atoms with Crippen molar-refractivity contribution in [3.63, 3.8) is 0 Å². The van der Waals surface area contributed by atoms with Crippen LogP contribution in [0.25, 0.3) is 6.08 Å². The van der Waals surface area contributed by atoms with Crippen LogP contribution in [-0.4, -0.2) is 31.8 Å². The van der Waals surface area contributed by atoms with Gasteiger partial charge in [-0.3, -0.25) is 0 Å². The van der Waals surface area contributed by atoms with Crippen LogP contribution in [-0.2, 0) is 19.1 Å². The predicted molar refractivity (Wildman–Crippen MR) is 109 cm³/mol. The molecule has 0 amide bonds. The Kier molecular flexibility index (Phi) is 8.26. The van der Waals surface area contributed by atoms with Crippen LogP contribution >= 0.6 is 0 Å². The van der Waals surface area contributed by atoms with E-state index < -0.39 is 18.5 Å². The highest BCUT2D eigenvalue weighted by atomic mass is 16.6. The number of benzene rings is 1. The number of nitriles is 1. The average Bonchev–Trinajstić information content (AvgIpc) is 2.70. The first-order chi connectivity index (χ1) is 13.8. The minimum Gasteiger partial charge on any atom is -0.497 e. The third-order valence-electron chi connectivity index (χ3n) is 5.33. The number of hydrogen-bond acceptors (Lipinski definition) is 6. The summed E-state index contributed by atoms with van der Waals surface area (Å²) in [5.41, 5.74) is 0.465. The normalized spacial score (nSPS) is 21.9. The fraction of sp³-hybridized carbons (Fsp3) is 0.522. The summed E-state index contributed by atoms with van der Waals surface area (Å²) in [7, 11) is 1.55. The van der Waals surface area contributed by atoms with E-state index in [9.17, 15) is 14.9 Å². The van der Waals surface area contributed by atoms with Gasteiger partial charge in [-0.05, 0) is 54.4 Å². The van der Waals surface area contributed by atoms with Crippen molar-refractivity contribution in [3.8, 4) is 11.8 Å². The van der Waals surface area contributed by atoms with Crippen LogP contribution in [0.3, 0.4) is 0 Å². The first kappa shape index (κ1) is 22.5. The Morgan fingerprint density at radius 1 is 1.24 bits per heavy atom. The molecule has 1 aromatic carbocycles. The van der Waals surface area contributed by atoms with Crippen molar-refractivity contribution in [1.82, 2.24) is 0 Å². The van der Waals surface area contributed by atoms with E-state index in [2.05, 4.69) is 20.8 Å². The van der Waals surface area contributed by atoms with Gasteiger partial charge in [-0.15, -0.1) is 0 Å². The van der Waals surface area contributed by atoms with Gasteiger partial charge in [0.1, 0.15) is 23.5 Å². The molecule has 1 aliphatic rings. The Morgan fingerprint density at radius 3 is 2.52 bits per heavy atom. The zero-order valence-electron chi connectivity index (χ0n) is 17.5. The van der Waals surface area contributed by atoms with Gasteiger partial charge < -0.3 is 14.2 Å². The zero-order chi connectivity index (χ0) is 21.4. The number of hydrogen-bond donors (Lipinski definition) is 0. The highest BCUT2D eigenvalue weighted by molar-refractivity contribution is 5.98. The molecule has 0 aliphatic heterocycles. The van der Waals surface area contributed by atoms with Gasteiger partial charge in [0.25, 0.3) is 0 Å². The lowest BCUT2D eigenvalue weighted by Gasteiger charge is -2.36. The number of esters is 2. The fourth-order valence-electron chi connectivity index (χ4n) is 3.66. The quantitative estimate of drug-likeness (QED) is 0.389. The number of ether oxygens (including phenoxy) is 3. The molecule has 0 radical (unpaired) electrons. The van der Waals surface area contributed by atoms with Gasteiger partial charge in [-0.25, -0.2) is 9.59 Å². The van der Waals surface area contributed by atoms with Gasteiger partial charge in [0.2, 0.25) is 0 Å². The monoisotopic (exact) mass is 399 g/mol. The van der Waals surface area contributed by atoms with Crippen LogP contribution in [0.1, 0.15) is 45.6 Å². The van der Waals surface area contributed by atoms with Crippen LogP contribution in [0, 0.1) is 29.1 Å². The SMILES string of the molecule is COc1ccc(/C=C(\C#N)C(=O)OCC(=O)O[C@@H]2C[C@@H](C)CC[C@H]2C(C)C)cc1. The average molecular weight is 399 g/mol. The van der Waals surface area contributed by atoms with Gasteiger partial charge in [0.05, 0.1) is 7.11 Å². The van der Waals surface area contributed by atoms with Crippen LogP contribution in [0.15, 0.2) is 29.8 Å². The molecule has 1 aliphatic carbocycles. The molecule has 156 valence electrons. The highest BCUT2D eigenvalue weighted by Gasteiger charge is 2.33. The van der Waals surface area contributed by atoms with Gasteiger partial charge >= 0.3 is 11.9 Å². The first-order valence-electron chi connectivity index (χ1n) is 9.96. The number of methoxy groups -OCH3 is 1. The molecule has 1 aromatic rings. The van der Waals surface area contributed by atoms with Gasteiger partial charge in [0, 0.05) is 0 Å². The molecule has 0 bridgehead atoms. The van der Waals surface area contributed by atoms with Gasteiger partial charge in [0.15, 0.2) is 6.61 Å². The molecular formula is C23H29NO5. The minimum atomic E-state index is -0.849. The number of carbonyl (C=O) groups excluding carboxylic acids is 2. The van der Waals surface area contributed by atoms with Crippen LogP contribution in [0.2, 0.25) is 0 Å². The maximum absolute atomic E-state index is 12.2. The van der Waals surface area contributed by atoms with Crippen molar-refractivity contribution in [2.75, 3.05) is 13.7 Å². The third-order valence-corrected chi connectivity index (χ3v) is 5.33. The predicted octanol–water partition coefficient (Wildman–Crippen LogP) is 4.15. The van der Waals surface area contributed by atoms with E-state index in [0.29, 0.717) is 29.1 Å². The van der Waals surface area contributed by atoms with Crippen LogP contribution in [0.4, 0.5) is 0 Å². The lowest BCUT2D eigenvalue weighted by atomic mass is 9.75. The molecule has 1 saturated carbocycles. The Hall–Kier alpha value is -2.81. The van der Waals surface area contributed by atoms with Gasteiger partial charge in [-0.2, -0.15) is 5.26 Å². The molecule has 29 heavy (non-hydrogen) atoms. The summed E-state index contributed by atoms with van der Waals surface area (Å²) in [5.74, 6) is 0.476. The summed E-state index contributed by atoms with van der Waals surface area (Å²) >= 11 is 0. The minimum absolute atomic E-state index is 0.157. The molecule has 6 heteroatoms. The molecule has 0 saturated heterocycles. The summed E-state index contributed by atoms with van der Waals surface area (Å²) in [4.78, 5) is 24.4. The molecule has 0 unspecified atom stereocenters. The maximum Gasteiger partial charge on any atom is 0.349 e. The number of rotatable bonds is 7. The lowest BCUT2D eigenvalue weighted by molar-refractivity contribution is -0.165. The van der Waals surface area contributed by atoms with E-state index in [1.165, 1.54) is 6.08 Å². The van der Waals surface area contributed by atoms with E-state index in [1.807, 2.05) is 6.07 Å². The van der Waals surface area contributed by atoms with Crippen molar-refractivity contribution < 1.29 is 23.8 Å². The van der Waals surface area contributed by atoms with Crippen molar-refractivity contribution in [3.05, 3.63) is 35.4 Å². The number of carbonyl (C=O) groups is 2. The van der Waals surface area contributed by atoms with Crippen molar-refractivity contribution in [2.45, 2.75) is 46.1 Å². The molecule has 3 atom stereocenters. The summed E-state index contributed by atoms with van der Waals surface area (Å²) < 4.78 is 15.7. The van der Waals surface area contributed by atoms with Crippen LogP contribution < -0.4 is 4.74 Å². The van der Waals surface area contributed by atoms with Crippen LogP contribution in [0.5, 0.6) is 5.75 Å². The molecule has 1 fully saturated rings. The second-order valence-corrected chi connectivity index (χ2v) is 7.87. The first-order valence-corrected chi connectivity index (χ1v) is 9.96. The molecule has 0 heterocycles. The Labute approximate surface area is 172 Å². The van der Waals surface area contributed by atoms with E-state index in [4.69, 9.17) is 14.2 Å². The van der Waals surface area contributed by atoms with Crippen molar-refractivity contribution in [1.29, 1.82) is 5.26 Å².